The van der Waals surface area contributed by atoms with Gasteiger partial charge in [0.25, 0.3) is 0 Å². The summed E-state index contributed by atoms with van der Waals surface area (Å²) in [4.78, 5) is 72.7. The summed E-state index contributed by atoms with van der Waals surface area (Å²) >= 11 is 0. The van der Waals surface area contributed by atoms with Crippen molar-refractivity contribution >= 4 is 43.9 Å². The molecule has 17 heteroatoms. The predicted molar refractivity (Wildman–Crippen MR) is 166 cm³/mol. The van der Waals surface area contributed by atoms with Gasteiger partial charge in [-0.25, -0.2) is 0 Å². The number of carbonyl (C=O) groups is 6. The molecule has 2 rings (SSSR count). The first-order valence-corrected chi connectivity index (χ1v) is 19.6. The van der Waals surface area contributed by atoms with E-state index in [9.17, 15) is 28.8 Å². The van der Waals surface area contributed by atoms with Crippen LogP contribution in [-0.4, -0.2) is 119 Å². The molecule has 0 amide bonds. The molecule has 10 atom stereocenters. The standard InChI is InChI=1S/C31H50O16Si/c1-11-22-25(23(14-39-16(2)32)45-30(26(22)41-18(4)34)38-12-13-48(8,9)10)47-31-29(44-21(7)37)28(43-20(6)36)27(42-19(5)35)24(46-31)15-40-17(3)33/h22-31H,11-15H2,1-10H3/t22-,23+,24+,25+,26+,27-,28-,29+,30+,31+/m0/s1. The molecular formula is C31H50O16Si. The van der Waals surface area contributed by atoms with Crippen LogP contribution in [0, 0.1) is 5.92 Å². The van der Waals surface area contributed by atoms with Gasteiger partial charge in [-0.15, -0.1) is 0 Å². The highest BCUT2D eigenvalue weighted by Crippen LogP contribution is 2.38. The van der Waals surface area contributed by atoms with Crippen molar-refractivity contribution in [3.05, 3.63) is 0 Å². The minimum Gasteiger partial charge on any atom is -0.463 e. The van der Waals surface area contributed by atoms with Crippen LogP contribution >= 0.6 is 0 Å². The fraction of sp³-hybridized carbons (Fsp3) is 0.806. The van der Waals surface area contributed by atoms with E-state index in [4.69, 9.17) is 47.4 Å². The van der Waals surface area contributed by atoms with Crippen molar-refractivity contribution in [2.75, 3.05) is 19.8 Å². The molecule has 274 valence electrons. The van der Waals surface area contributed by atoms with E-state index in [0.29, 0.717) is 13.0 Å². The third kappa shape index (κ3) is 13.1. The quantitative estimate of drug-likeness (QED) is 0.136. The van der Waals surface area contributed by atoms with Crippen LogP contribution in [0.5, 0.6) is 0 Å². The molecule has 0 unspecified atom stereocenters. The Morgan fingerprint density at radius 1 is 0.562 bits per heavy atom. The van der Waals surface area contributed by atoms with Crippen LogP contribution < -0.4 is 0 Å². The van der Waals surface area contributed by atoms with E-state index in [1.165, 1.54) is 13.8 Å². The second-order valence-corrected chi connectivity index (χ2v) is 18.5. The van der Waals surface area contributed by atoms with E-state index in [-0.39, 0.29) is 6.61 Å². The number of hydrogen-bond acceptors (Lipinski definition) is 16. The summed E-state index contributed by atoms with van der Waals surface area (Å²) in [6.07, 6.45) is -11.0. The molecule has 2 fully saturated rings. The highest BCUT2D eigenvalue weighted by Gasteiger charge is 2.56. The number of hydrogen-bond donors (Lipinski definition) is 0. The first kappa shape index (κ1) is 41.0. The molecule has 0 saturated carbocycles. The van der Waals surface area contributed by atoms with Gasteiger partial charge in [-0.1, -0.05) is 26.6 Å². The predicted octanol–water partition coefficient (Wildman–Crippen LogP) is 2.06. The molecule has 0 N–H and O–H groups in total. The number of ether oxygens (including phenoxy) is 10. The normalized spacial score (nSPS) is 30.4. The summed E-state index contributed by atoms with van der Waals surface area (Å²) in [6.45, 7) is 14.8. The topological polar surface area (TPSA) is 195 Å². The zero-order valence-electron chi connectivity index (χ0n) is 29.3. The minimum atomic E-state index is -1.56. The van der Waals surface area contributed by atoms with Gasteiger partial charge in [0.15, 0.2) is 37.0 Å². The van der Waals surface area contributed by atoms with Gasteiger partial charge in [0.2, 0.25) is 0 Å². The SMILES string of the molecule is CC[C@H]1[C@@H](O[C@H]2O[C@H](COC(C)=O)[C@H](OC(C)=O)[C@H](OC(C)=O)[C@H]2OC(C)=O)[C@@H](COC(C)=O)O[C@@H](OCC[Si](C)(C)C)[C@@H]1OC(C)=O. The second-order valence-electron chi connectivity index (χ2n) is 12.8. The van der Waals surface area contributed by atoms with Crippen molar-refractivity contribution in [2.24, 2.45) is 5.92 Å². The molecule has 0 aromatic rings. The average Bonchev–Trinajstić information content (AvgIpc) is 2.93. The Morgan fingerprint density at radius 3 is 1.46 bits per heavy atom. The first-order valence-electron chi connectivity index (χ1n) is 15.9. The highest BCUT2D eigenvalue weighted by molar-refractivity contribution is 6.76. The summed E-state index contributed by atoms with van der Waals surface area (Å²) in [5.74, 6) is -4.96. The third-order valence-corrected chi connectivity index (χ3v) is 9.09. The largest absolute Gasteiger partial charge is 0.463 e. The summed E-state index contributed by atoms with van der Waals surface area (Å²) in [6, 6.07) is 0.787. The summed E-state index contributed by atoms with van der Waals surface area (Å²) < 4.78 is 57.7. The molecule has 0 spiro atoms. The lowest BCUT2D eigenvalue weighted by Crippen LogP contribution is -2.65. The van der Waals surface area contributed by atoms with Gasteiger partial charge in [0.05, 0.1) is 6.10 Å². The van der Waals surface area contributed by atoms with Crippen molar-refractivity contribution in [1.29, 1.82) is 0 Å². The fourth-order valence-corrected chi connectivity index (χ4v) is 6.11. The van der Waals surface area contributed by atoms with Crippen molar-refractivity contribution in [1.82, 2.24) is 0 Å². The summed E-state index contributed by atoms with van der Waals surface area (Å²) in [5, 5.41) is 0. The molecule has 0 aromatic carbocycles. The number of rotatable bonds is 15. The maximum Gasteiger partial charge on any atom is 0.303 e. The summed E-state index contributed by atoms with van der Waals surface area (Å²) in [5.41, 5.74) is 0. The van der Waals surface area contributed by atoms with Gasteiger partial charge in [-0.2, -0.15) is 0 Å². The van der Waals surface area contributed by atoms with Crippen molar-refractivity contribution in [3.8, 4) is 0 Å². The van der Waals surface area contributed by atoms with Crippen molar-refractivity contribution in [3.63, 3.8) is 0 Å². The molecule has 16 nitrogen and oxygen atoms in total. The summed E-state index contributed by atoms with van der Waals surface area (Å²) in [7, 11) is -1.53. The monoisotopic (exact) mass is 706 g/mol. The van der Waals surface area contributed by atoms with E-state index in [1.54, 1.807) is 0 Å². The van der Waals surface area contributed by atoms with E-state index in [0.717, 1.165) is 33.7 Å². The van der Waals surface area contributed by atoms with Crippen LogP contribution in [0.4, 0.5) is 0 Å². The zero-order valence-corrected chi connectivity index (χ0v) is 30.3. The van der Waals surface area contributed by atoms with E-state index in [1.807, 2.05) is 6.92 Å². The van der Waals surface area contributed by atoms with E-state index < -0.39 is 112 Å². The lowest BCUT2D eigenvalue weighted by Gasteiger charge is -2.49. The molecule has 0 radical (unpaired) electrons. The fourth-order valence-electron chi connectivity index (χ4n) is 5.38. The first-order chi connectivity index (χ1) is 22.3. The third-order valence-electron chi connectivity index (χ3n) is 7.39. The number of carbonyl (C=O) groups excluding carboxylic acids is 6. The lowest BCUT2D eigenvalue weighted by molar-refractivity contribution is -0.355. The van der Waals surface area contributed by atoms with E-state index >= 15 is 0 Å². The van der Waals surface area contributed by atoms with Gasteiger partial charge in [-0.3, -0.25) is 28.8 Å². The molecule has 0 aromatic heterocycles. The zero-order chi connectivity index (χ0) is 36.3. The molecule has 2 heterocycles. The van der Waals surface area contributed by atoms with Gasteiger partial charge >= 0.3 is 35.8 Å². The Kier molecular flexibility index (Phi) is 15.9. The Morgan fingerprint density at radius 2 is 1.00 bits per heavy atom. The van der Waals surface area contributed by atoms with E-state index in [2.05, 4.69) is 19.6 Å². The van der Waals surface area contributed by atoms with Gasteiger partial charge in [0.1, 0.15) is 25.4 Å². The van der Waals surface area contributed by atoms with Gasteiger partial charge in [-0.05, 0) is 12.5 Å². The van der Waals surface area contributed by atoms with Crippen LogP contribution in [-0.2, 0) is 76.1 Å². The Labute approximate surface area is 281 Å². The maximum absolute atomic E-state index is 12.4. The van der Waals surface area contributed by atoms with Crippen LogP contribution in [0.3, 0.4) is 0 Å². The van der Waals surface area contributed by atoms with Crippen LogP contribution in [0.1, 0.15) is 54.9 Å². The number of esters is 6. The molecule has 2 saturated heterocycles. The maximum atomic E-state index is 12.4. The molecule has 2 aliphatic rings. The molecule has 2 aliphatic heterocycles. The van der Waals surface area contributed by atoms with Gasteiger partial charge in [0, 0.05) is 62.1 Å². The smallest absolute Gasteiger partial charge is 0.303 e. The second kappa shape index (κ2) is 18.6. The molecule has 0 aliphatic carbocycles. The molecular weight excluding hydrogens is 656 g/mol. The average molecular weight is 707 g/mol. The highest BCUT2D eigenvalue weighted by atomic mass is 28.3. The van der Waals surface area contributed by atoms with Gasteiger partial charge < -0.3 is 47.4 Å². The van der Waals surface area contributed by atoms with Crippen LogP contribution in [0.2, 0.25) is 25.7 Å². The van der Waals surface area contributed by atoms with Crippen molar-refractivity contribution in [2.45, 2.75) is 136 Å². The Bertz CT molecular complexity index is 1140. The Hall–Kier alpha value is -3.12. The molecule has 0 bridgehead atoms. The van der Waals surface area contributed by atoms with Crippen LogP contribution in [0.15, 0.2) is 0 Å². The molecule has 48 heavy (non-hydrogen) atoms. The van der Waals surface area contributed by atoms with Crippen LogP contribution in [0.25, 0.3) is 0 Å². The minimum absolute atomic E-state index is 0.303. The lowest BCUT2D eigenvalue weighted by atomic mass is 9.86. The Balaban J connectivity index is 2.62. The van der Waals surface area contributed by atoms with Crippen molar-refractivity contribution < 1.29 is 76.1 Å².